The van der Waals surface area contributed by atoms with Crippen molar-refractivity contribution in [2.45, 2.75) is 0 Å². The highest BCUT2D eigenvalue weighted by Crippen LogP contribution is 2.28. The van der Waals surface area contributed by atoms with Gasteiger partial charge in [0, 0.05) is 6.20 Å². The lowest BCUT2D eigenvalue weighted by Gasteiger charge is -2.00. The van der Waals surface area contributed by atoms with Crippen LogP contribution in [0.3, 0.4) is 0 Å². The van der Waals surface area contributed by atoms with E-state index in [9.17, 15) is 0 Å². The van der Waals surface area contributed by atoms with Crippen LogP contribution >= 0.6 is 0 Å². The van der Waals surface area contributed by atoms with Gasteiger partial charge in [-0.1, -0.05) is 18.2 Å². The lowest BCUT2D eigenvalue weighted by Crippen LogP contribution is -1.87. The number of oxazole rings is 3. The number of rotatable bonds is 5. The maximum Gasteiger partial charge on any atom is 0.245 e. The highest BCUT2D eigenvalue weighted by molar-refractivity contribution is 5.62. The second kappa shape index (κ2) is 7.97. The first-order chi connectivity index (χ1) is 16.3. The van der Waals surface area contributed by atoms with Crippen LogP contribution in [0, 0.1) is 0 Å². The van der Waals surface area contributed by atoms with Crippen LogP contribution in [0.15, 0.2) is 99.0 Å². The molecule has 0 aromatic carbocycles. The first kappa shape index (κ1) is 18.8. The van der Waals surface area contributed by atoms with Crippen LogP contribution < -0.4 is 0 Å². The number of hydrogen-bond donors (Lipinski definition) is 0. The zero-order chi connectivity index (χ0) is 22.0. The molecule has 0 atom stereocenters. The first-order valence-electron chi connectivity index (χ1n) is 10.0. The van der Waals surface area contributed by atoms with Gasteiger partial charge in [-0.3, -0.25) is 4.98 Å². The SMILES string of the molecule is c1ccc(-c2cnc(-c3cccc(-c4cnc(-c5cccc(-c6cnco6)n5)o4)n3)o2)nc1. The normalized spacial score (nSPS) is 11.0. The molecular formula is C24H14N6O3. The summed E-state index contributed by atoms with van der Waals surface area (Å²) in [5.41, 5.74) is 3.07. The fraction of sp³-hybridized carbons (Fsp3) is 0. The largest absolute Gasteiger partial charge is 0.442 e. The summed E-state index contributed by atoms with van der Waals surface area (Å²) >= 11 is 0. The van der Waals surface area contributed by atoms with Crippen molar-refractivity contribution in [3.63, 3.8) is 0 Å². The van der Waals surface area contributed by atoms with Crippen molar-refractivity contribution in [3.8, 4) is 57.5 Å². The van der Waals surface area contributed by atoms with Gasteiger partial charge in [-0.15, -0.1) is 0 Å². The van der Waals surface area contributed by atoms with E-state index in [0.717, 1.165) is 0 Å². The van der Waals surface area contributed by atoms with E-state index in [0.29, 0.717) is 57.5 Å². The predicted molar refractivity (Wildman–Crippen MR) is 117 cm³/mol. The van der Waals surface area contributed by atoms with Crippen molar-refractivity contribution in [1.29, 1.82) is 0 Å². The van der Waals surface area contributed by atoms with Gasteiger partial charge < -0.3 is 13.3 Å². The molecule has 0 spiro atoms. The van der Waals surface area contributed by atoms with Gasteiger partial charge in [0.05, 0.1) is 18.6 Å². The first-order valence-corrected chi connectivity index (χ1v) is 10.0. The monoisotopic (exact) mass is 434 g/mol. The summed E-state index contributed by atoms with van der Waals surface area (Å²) in [7, 11) is 0. The summed E-state index contributed by atoms with van der Waals surface area (Å²) in [6.45, 7) is 0. The van der Waals surface area contributed by atoms with Crippen LogP contribution in [0.25, 0.3) is 57.5 Å². The lowest BCUT2D eigenvalue weighted by molar-refractivity contribution is 0.568. The molecule has 9 heteroatoms. The molecule has 0 N–H and O–H groups in total. The highest BCUT2D eigenvalue weighted by Gasteiger charge is 2.15. The van der Waals surface area contributed by atoms with Crippen molar-refractivity contribution in [3.05, 3.63) is 85.8 Å². The van der Waals surface area contributed by atoms with Crippen molar-refractivity contribution >= 4 is 0 Å². The van der Waals surface area contributed by atoms with Crippen molar-refractivity contribution < 1.29 is 13.3 Å². The summed E-state index contributed by atoms with van der Waals surface area (Å²) in [5.74, 6) is 2.38. The molecule has 0 saturated heterocycles. The highest BCUT2D eigenvalue weighted by atomic mass is 16.4. The summed E-state index contributed by atoms with van der Waals surface area (Å²) in [4.78, 5) is 26.1. The van der Waals surface area contributed by atoms with E-state index in [2.05, 4.69) is 29.9 Å². The van der Waals surface area contributed by atoms with Crippen LogP contribution in [-0.2, 0) is 0 Å². The molecule has 0 saturated carbocycles. The Kier molecular flexibility index (Phi) is 4.54. The van der Waals surface area contributed by atoms with Crippen LogP contribution in [0.1, 0.15) is 0 Å². The molecule has 0 aliphatic rings. The molecule has 6 aromatic rings. The molecule has 6 aromatic heterocycles. The Morgan fingerprint density at radius 2 is 1.12 bits per heavy atom. The van der Waals surface area contributed by atoms with Crippen LogP contribution in [-0.4, -0.2) is 29.9 Å². The molecule has 0 bridgehead atoms. The number of hydrogen-bond acceptors (Lipinski definition) is 9. The average molecular weight is 434 g/mol. The fourth-order valence-corrected chi connectivity index (χ4v) is 3.25. The third-order valence-electron chi connectivity index (χ3n) is 4.80. The van der Waals surface area contributed by atoms with Gasteiger partial charge >= 0.3 is 0 Å². The van der Waals surface area contributed by atoms with Gasteiger partial charge in [-0.2, -0.15) is 0 Å². The van der Waals surface area contributed by atoms with Gasteiger partial charge in [0.2, 0.25) is 11.8 Å². The Bertz CT molecular complexity index is 1520. The van der Waals surface area contributed by atoms with E-state index in [-0.39, 0.29) is 0 Å². The van der Waals surface area contributed by atoms with Crippen LogP contribution in [0.2, 0.25) is 0 Å². The molecule has 6 heterocycles. The van der Waals surface area contributed by atoms with E-state index in [4.69, 9.17) is 13.3 Å². The van der Waals surface area contributed by atoms with E-state index in [1.165, 1.54) is 6.39 Å². The maximum atomic E-state index is 5.95. The van der Waals surface area contributed by atoms with E-state index in [1.807, 2.05) is 54.6 Å². The summed E-state index contributed by atoms with van der Waals surface area (Å²) in [6.07, 6.45) is 7.90. The van der Waals surface area contributed by atoms with Crippen LogP contribution in [0.5, 0.6) is 0 Å². The van der Waals surface area contributed by atoms with Gasteiger partial charge in [0.15, 0.2) is 23.7 Å². The molecular weight excluding hydrogens is 420 g/mol. The van der Waals surface area contributed by atoms with E-state index < -0.39 is 0 Å². The standard InChI is InChI=1S/C24H14N6O3/c1-2-10-26-15(5-1)21-12-27-23(32-21)19-9-4-7-17(30-19)22-13-28-24(33-22)18-8-3-6-16(29-18)20-11-25-14-31-20/h1-14H. The summed E-state index contributed by atoms with van der Waals surface area (Å²) in [6, 6.07) is 16.6. The molecule has 0 fully saturated rings. The van der Waals surface area contributed by atoms with Gasteiger partial charge in [-0.05, 0) is 36.4 Å². The number of pyridine rings is 3. The Morgan fingerprint density at radius 3 is 1.73 bits per heavy atom. The zero-order valence-electron chi connectivity index (χ0n) is 17.0. The molecule has 9 nitrogen and oxygen atoms in total. The Hall–Kier alpha value is -4.92. The van der Waals surface area contributed by atoms with Gasteiger partial charge in [0.25, 0.3) is 0 Å². The maximum absolute atomic E-state index is 5.95. The van der Waals surface area contributed by atoms with Gasteiger partial charge in [-0.25, -0.2) is 24.9 Å². The quantitative estimate of drug-likeness (QED) is 0.362. The fourth-order valence-electron chi connectivity index (χ4n) is 3.25. The predicted octanol–water partition coefficient (Wildman–Crippen LogP) is 5.17. The molecule has 0 aliphatic heterocycles. The minimum Gasteiger partial charge on any atom is -0.442 e. The van der Waals surface area contributed by atoms with E-state index >= 15 is 0 Å². The molecule has 0 unspecified atom stereocenters. The molecule has 33 heavy (non-hydrogen) atoms. The smallest absolute Gasteiger partial charge is 0.245 e. The van der Waals surface area contributed by atoms with Crippen molar-refractivity contribution in [2.24, 2.45) is 0 Å². The molecule has 0 aliphatic carbocycles. The number of aromatic nitrogens is 6. The lowest BCUT2D eigenvalue weighted by atomic mass is 10.2. The minimum atomic E-state index is 0.368. The average Bonchev–Trinajstić information content (AvgIpc) is 3.67. The van der Waals surface area contributed by atoms with Gasteiger partial charge in [0.1, 0.15) is 28.5 Å². The van der Waals surface area contributed by atoms with Crippen LogP contribution in [0.4, 0.5) is 0 Å². The third-order valence-corrected chi connectivity index (χ3v) is 4.80. The third kappa shape index (κ3) is 3.68. The number of nitrogens with zero attached hydrogens (tertiary/aromatic N) is 6. The molecule has 0 amide bonds. The Morgan fingerprint density at radius 1 is 0.515 bits per heavy atom. The topological polar surface area (TPSA) is 117 Å². The van der Waals surface area contributed by atoms with E-state index in [1.54, 1.807) is 24.8 Å². The van der Waals surface area contributed by atoms with Crippen molar-refractivity contribution in [1.82, 2.24) is 29.9 Å². The zero-order valence-corrected chi connectivity index (χ0v) is 17.0. The molecule has 6 rings (SSSR count). The summed E-state index contributed by atoms with van der Waals surface area (Å²) in [5, 5.41) is 0. The van der Waals surface area contributed by atoms with Crippen molar-refractivity contribution in [2.75, 3.05) is 0 Å². The Balaban J connectivity index is 1.29. The minimum absolute atomic E-state index is 0.368. The summed E-state index contributed by atoms with van der Waals surface area (Å²) < 4.78 is 17.1. The molecule has 0 radical (unpaired) electrons. The second-order valence-corrected chi connectivity index (χ2v) is 6.96. The second-order valence-electron chi connectivity index (χ2n) is 6.96. The molecule has 158 valence electrons. The Labute approximate surface area is 186 Å².